The van der Waals surface area contributed by atoms with Gasteiger partial charge in [0.1, 0.15) is 5.01 Å². The van der Waals surface area contributed by atoms with Crippen LogP contribution in [0.3, 0.4) is 0 Å². The third-order valence-electron chi connectivity index (χ3n) is 3.91. The van der Waals surface area contributed by atoms with Gasteiger partial charge in [-0.05, 0) is 38.0 Å². The van der Waals surface area contributed by atoms with Crippen LogP contribution in [-0.4, -0.2) is 24.0 Å². The van der Waals surface area contributed by atoms with Gasteiger partial charge in [-0.3, -0.25) is 4.79 Å². The van der Waals surface area contributed by atoms with E-state index in [0.29, 0.717) is 12.1 Å². The number of anilines is 1. The molecule has 1 aromatic carbocycles. The second-order valence-corrected chi connectivity index (χ2v) is 7.03. The summed E-state index contributed by atoms with van der Waals surface area (Å²) in [5, 5.41) is 9.29. The summed E-state index contributed by atoms with van der Waals surface area (Å²) in [5.41, 5.74) is 2.58. The summed E-state index contributed by atoms with van der Waals surface area (Å²) in [5.74, 6) is -0.0433. The molecule has 1 unspecified atom stereocenters. The van der Waals surface area contributed by atoms with Crippen molar-refractivity contribution in [2.75, 3.05) is 12.4 Å². The smallest absolute Gasteiger partial charge is 0.319 e. The molecule has 3 N–H and O–H groups in total. The predicted molar refractivity (Wildman–Crippen MR) is 101 cm³/mol. The van der Waals surface area contributed by atoms with Gasteiger partial charge in [0.2, 0.25) is 5.91 Å². The average molecular weight is 360 g/mol. The number of amides is 3. The van der Waals surface area contributed by atoms with Crippen molar-refractivity contribution >= 4 is 29.0 Å². The van der Waals surface area contributed by atoms with Crippen molar-refractivity contribution in [2.45, 2.75) is 39.7 Å². The minimum absolute atomic E-state index is 0.0433. The standard InChI is InChI=1S/C18H24N4O2S/c1-5-15(17-20-11(2)12(3)25-17)22-18(24)21-14-8-6-13(7-9-14)10-16(23)19-4/h6-9,15H,5,10H2,1-4H3,(H,19,23)(H2,21,22,24). The van der Waals surface area contributed by atoms with Crippen LogP contribution in [0.2, 0.25) is 0 Å². The summed E-state index contributed by atoms with van der Waals surface area (Å²) < 4.78 is 0. The van der Waals surface area contributed by atoms with Gasteiger partial charge in [0.05, 0.1) is 18.2 Å². The third kappa shape index (κ3) is 5.29. The van der Waals surface area contributed by atoms with Crippen molar-refractivity contribution < 1.29 is 9.59 Å². The molecule has 1 heterocycles. The monoisotopic (exact) mass is 360 g/mol. The molecule has 1 atom stereocenters. The lowest BCUT2D eigenvalue weighted by Crippen LogP contribution is -2.32. The van der Waals surface area contributed by atoms with E-state index in [1.165, 1.54) is 4.88 Å². The van der Waals surface area contributed by atoms with Crippen LogP contribution in [-0.2, 0) is 11.2 Å². The first kappa shape index (κ1) is 18.9. The molecule has 3 amide bonds. The number of carbonyl (C=O) groups excluding carboxylic acids is 2. The number of benzene rings is 1. The van der Waals surface area contributed by atoms with E-state index in [1.807, 2.05) is 32.9 Å². The summed E-state index contributed by atoms with van der Waals surface area (Å²) in [7, 11) is 1.61. The van der Waals surface area contributed by atoms with Gasteiger partial charge in [0, 0.05) is 17.6 Å². The van der Waals surface area contributed by atoms with Gasteiger partial charge in [0.15, 0.2) is 0 Å². The van der Waals surface area contributed by atoms with Crippen LogP contribution < -0.4 is 16.0 Å². The molecule has 25 heavy (non-hydrogen) atoms. The van der Waals surface area contributed by atoms with E-state index in [4.69, 9.17) is 0 Å². The molecule has 1 aromatic heterocycles. The van der Waals surface area contributed by atoms with E-state index in [9.17, 15) is 9.59 Å². The molecule has 0 saturated carbocycles. The maximum Gasteiger partial charge on any atom is 0.319 e. The molecule has 0 spiro atoms. The summed E-state index contributed by atoms with van der Waals surface area (Å²) in [6, 6.07) is 6.86. The molecule has 0 fully saturated rings. The van der Waals surface area contributed by atoms with Crippen LogP contribution in [0.5, 0.6) is 0 Å². The zero-order valence-electron chi connectivity index (χ0n) is 15.0. The van der Waals surface area contributed by atoms with E-state index in [0.717, 1.165) is 22.7 Å². The lowest BCUT2D eigenvalue weighted by molar-refractivity contribution is -0.119. The van der Waals surface area contributed by atoms with E-state index >= 15 is 0 Å². The lowest BCUT2D eigenvalue weighted by Gasteiger charge is -2.15. The van der Waals surface area contributed by atoms with Gasteiger partial charge in [-0.25, -0.2) is 9.78 Å². The Morgan fingerprint density at radius 2 is 1.88 bits per heavy atom. The normalized spacial score (nSPS) is 11.7. The number of likely N-dealkylation sites (N-methyl/N-ethyl adjacent to an activating group) is 1. The maximum atomic E-state index is 12.2. The van der Waals surface area contributed by atoms with Crippen molar-refractivity contribution in [3.63, 3.8) is 0 Å². The Hall–Kier alpha value is -2.41. The fraction of sp³-hybridized carbons (Fsp3) is 0.389. The Morgan fingerprint density at radius 3 is 2.40 bits per heavy atom. The fourth-order valence-corrected chi connectivity index (χ4v) is 3.35. The Labute approximate surface area is 152 Å². The van der Waals surface area contributed by atoms with Gasteiger partial charge in [-0.2, -0.15) is 0 Å². The number of hydrogen-bond acceptors (Lipinski definition) is 4. The first-order valence-electron chi connectivity index (χ1n) is 8.23. The topological polar surface area (TPSA) is 83.1 Å². The average Bonchev–Trinajstić information content (AvgIpc) is 2.93. The van der Waals surface area contributed by atoms with Gasteiger partial charge < -0.3 is 16.0 Å². The first-order valence-corrected chi connectivity index (χ1v) is 9.05. The Morgan fingerprint density at radius 1 is 1.20 bits per heavy atom. The predicted octanol–water partition coefficient (Wildman–Crippen LogP) is 3.32. The number of aryl methyl sites for hydroxylation is 2. The third-order valence-corrected chi connectivity index (χ3v) is 5.10. The van der Waals surface area contributed by atoms with Crippen molar-refractivity contribution in [1.82, 2.24) is 15.6 Å². The zero-order valence-corrected chi connectivity index (χ0v) is 15.8. The highest BCUT2D eigenvalue weighted by atomic mass is 32.1. The van der Waals surface area contributed by atoms with E-state index < -0.39 is 0 Å². The molecular formula is C18H24N4O2S. The highest BCUT2D eigenvalue weighted by molar-refractivity contribution is 7.11. The highest BCUT2D eigenvalue weighted by Crippen LogP contribution is 2.25. The summed E-state index contributed by atoms with van der Waals surface area (Å²) in [6.45, 7) is 6.02. The van der Waals surface area contributed by atoms with Crippen LogP contribution >= 0.6 is 11.3 Å². The molecule has 0 aliphatic heterocycles. The summed E-state index contributed by atoms with van der Waals surface area (Å²) in [6.07, 6.45) is 1.09. The van der Waals surface area contributed by atoms with Crippen LogP contribution in [0.1, 0.15) is 40.5 Å². The second-order valence-electron chi connectivity index (χ2n) is 5.80. The van der Waals surface area contributed by atoms with Gasteiger partial charge in [0.25, 0.3) is 0 Å². The highest BCUT2D eigenvalue weighted by Gasteiger charge is 2.17. The number of nitrogens with one attached hydrogen (secondary N) is 3. The van der Waals surface area contributed by atoms with Gasteiger partial charge in [-0.1, -0.05) is 19.1 Å². The van der Waals surface area contributed by atoms with Crippen molar-refractivity contribution in [1.29, 1.82) is 0 Å². The molecule has 6 nitrogen and oxygen atoms in total. The van der Waals surface area contributed by atoms with Crippen molar-refractivity contribution in [3.05, 3.63) is 45.4 Å². The Kier molecular flexibility index (Phi) is 6.52. The number of carbonyl (C=O) groups is 2. The SMILES string of the molecule is CCC(NC(=O)Nc1ccc(CC(=O)NC)cc1)c1nc(C)c(C)s1. The molecule has 0 aliphatic carbocycles. The second kappa shape index (κ2) is 8.62. The van der Waals surface area contributed by atoms with Crippen LogP contribution in [0.25, 0.3) is 0 Å². The number of nitrogens with zero attached hydrogens (tertiary/aromatic N) is 1. The quantitative estimate of drug-likeness (QED) is 0.739. The van der Waals surface area contributed by atoms with Crippen LogP contribution in [0.15, 0.2) is 24.3 Å². The van der Waals surface area contributed by atoms with Crippen LogP contribution in [0.4, 0.5) is 10.5 Å². The molecule has 0 radical (unpaired) electrons. The number of aromatic nitrogens is 1. The van der Waals surface area contributed by atoms with Crippen molar-refractivity contribution in [3.8, 4) is 0 Å². The van der Waals surface area contributed by atoms with E-state index in [2.05, 4.69) is 20.9 Å². The number of rotatable bonds is 6. The maximum absolute atomic E-state index is 12.2. The number of thiazole rings is 1. The molecule has 134 valence electrons. The first-order chi connectivity index (χ1) is 11.9. The minimum atomic E-state index is -0.267. The van der Waals surface area contributed by atoms with Crippen molar-refractivity contribution in [2.24, 2.45) is 0 Å². The largest absolute Gasteiger partial charge is 0.359 e. The zero-order chi connectivity index (χ0) is 18.4. The molecule has 2 rings (SSSR count). The fourth-order valence-electron chi connectivity index (χ4n) is 2.29. The Balaban J connectivity index is 1.95. The lowest BCUT2D eigenvalue weighted by atomic mass is 10.1. The van der Waals surface area contributed by atoms with Gasteiger partial charge in [-0.15, -0.1) is 11.3 Å². The molecular weight excluding hydrogens is 336 g/mol. The number of urea groups is 1. The molecule has 0 aliphatic rings. The minimum Gasteiger partial charge on any atom is -0.359 e. The Bertz CT molecular complexity index is 721. The summed E-state index contributed by atoms with van der Waals surface area (Å²) in [4.78, 5) is 29.3. The number of hydrogen-bond donors (Lipinski definition) is 3. The van der Waals surface area contributed by atoms with Gasteiger partial charge >= 0.3 is 6.03 Å². The molecule has 7 heteroatoms. The van der Waals surface area contributed by atoms with E-state index in [-0.39, 0.29) is 18.0 Å². The molecule has 2 aromatic rings. The van der Waals surface area contributed by atoms with Crippen LogP contribution in [0, 0.1) is 13.8 Å². The van der Waals surface area contributed by atoms with E-state index in [1.54, 1.807) is 30.5 Å². The molecule has 0 bridgehead atoms. The summed E-state index contributed by atoms with van der Waals surface area (Å²) >= 11 is 1.61. The molecule has 0 saturated heterocycles.